The van der Waals surface area contributed by atoms with Crippen molar-refractivity contribution in [2.75, 3.05) is 10.2 Å². The second-order valence-corrected chi connectivity index (χ2v) is 5.84. The Bertz CT molecular complexity index is 825. The Morgan fingerprint density at radius 3 is 2.26 bits per heavy atom. The fourth-order valence-corrected chi connectivity index (χ4v) is 2.62. The van der Waals surface area contributed by atoms with Crippen molar-refractivity contribution < 1.29 is 9.59 Å². The highest BCUT2D eigenvalue weighted by Crippen LogP contribution is 2.30. The van der Waals surface area contributed by atoms with Crippen molar-refractivity contribution in [2.45, 2.75) is 13.8 Å². The minimum Gasteiger partial charge on any atom is -0.350 e. The molecule has 2 aromatic rings. The number of anilines is 2. The van der Waals surface area contributed by atoms with Crippen LogP contribution in [0.3, 0.4) is 0 Å². The maximum atomic E-state index is 12.6. The first-order valence-electron chi connectivity index (χ1n) is 7.16. The molecule has 5 heteroatoms. The molecule has 0 saturated heterocycles. The smallest absolute Gasteiger partial charge is 0.283 e. The molecule has 0 atom stereocenters. The number of hydrogen-bond acceptors (Lipinski definition) is 3. The first-order valence-corrected chi connectivity index (χ1v) is 7.54. The lowest BCUT2D eigenvalue weighted by molar-refractivity contribution is -0.120. The first kappa shape index (κ1) is 15.3. The Kier molecular flexibility index (Phi) is 3.92. The van der Waals surface area contributed by atoms with Crippen LogP contribution in [0.1, 0.15) is 11.1 Å². The number of hydrogen-bond donors (Lipinski definition) is 1. The lowest BCUT2D eigenvalue weighted by Gasteiger charge is -2.15. The number of nitrogens with one attached hydrogen (secondary N) is 1. The number of imide groups is 1. The van der Waals surface area contributed by atoms with Gasteiger partial charge in [0.15, 0.2) is 0 Å². The predicted octanol–water partition coefficient (Wildman–Crippen LogP) is 3.74. The van der Waals surface area contributed by atoms with Crippen molar-refractivity contribution in [2.24, 2.45) is 0 Å². The molecule has 0 bridgehead atoms. The van der Waals surface area contributed by atoms with Gasteiger partial charge in [0.25, 0.3) is 11.8 Å². The minimum atomic E-state index is -0.518. The van der Waals surface area contributed by atoms with Crippen molar-refractivity contribution in [3.8, 4) is 0 Å². The molecule has 1 aliphatic rings. The standard InChI is InChI=1S/C18H15ClN2O2/c1-11-6-8-14(9-7-11)21-17(22)15(19)16(18(21)23)20-13-5-3-4-12(2)10-13/h3-10,20H,1-2H3. The van der Waals surface area contributed by atoms with E-state index in [0.29, 0.717) is 11.4 Å². The Balaban J connectivity index is 1.91. The molecule has 0 saturated carbocycles. The van der Waals surface area contributed by atoms with Crippen LogP contribution in [0.15, 0.2) is 59.3 Å². The molecule has 23 heavy (non-hydrogen) atoms. The van der Waals surface area contributed by atoms with Crippen molar-refractivity contribution in [1.82, 2.24) is 0 Å². The molecule has 2 amide bonds. The molecule has 0 fully saturated rings. The maximum absolute atomic E-state index is 12.6. The van der Waals surface area contributed by atoms with E-state index in [1.165, 1.54) is 0 Å². The SMILES string of the molecule is Cc1ccc(N2C(=O)C(Cl)=C(Nc3cccc(C)c3)C2=O)cc1. The van der Waals surface area contributed by atoms with Crippen LogP contribution in [-0.2, 0) is 9.59 Å². The van der Waals surface area contributed by atoms with E-state index in [-0.39, 0.29) is 10.7 Å². The predicted molar refractivity (Wildman–Crippen MR) is 91.4 cm³/mol. The third-order valence-electron chi connectivity index (χ3n) is 3.61. The Morgan fingerprint density at radius 1 is 0.913 bits per heavy atom. The van der Waals surface area contributed by atoms with Gasteiger partial charge in [-0.2, -0.15) is 0 Å². The molecule has 2 aromatic carbocycles. The summed E-state index contributed by atoms with van der Waals surface area (Å²) in [6.07, 6.45) is 0. The highest BCUT2D eigenvalue weighted by Gasteiger charge is 2.38. The van der Waals surface area contributed by atoms with Gasteiger partial charge in [0.05, 0.1) is 5.69 Å². The van der Waals surface area contributed by atoms with Gasteiger partial charge in [-0.3, -0.25) is 9.59 Å². The second kappa shape index (κ2) is 5.89. The average molecular weight is 327 g/mol. The molecule has 116 valence electrons. The van der Waals surface area contributed by atoms with Gasteiger partial charge in [0, 0.05) is 5.69 Å². The molecule has 4 nitrogen and oxygen atoms in total. The zero-order valence-electron chi connectivity index (χ0n) is 12.8. The molecule has 0 radical (unpaired) electrons. The molecule has 1 N–H and O–H groups in total. The quantitative estimate of drug-likeness (QED) is 0.874. The molecule has 1 aliphatic heterocycles. The van der Waals surface area contributed by atoms with E-state index < -0.39 is 11.8 Å². The highest BCUT2D eigenvalue weighted by atomic mass is 35.5. The summed E-state index contributed by atoms with van der Waals surface area (Å²) in [5.41, 5.74) is 3.40. The average Bonchev–Trinajstić information content (AvgIpc) is 2.73. The molecule has 0 spiro atoms. The van der Waals surface area contributed by atoms with E-state index in [9.17, 15) is 9.59 Å². The van der Waals surface area contributed by atoms with Gasteiger partial charge < -0.3 is 5.32 Å². The third-order valence-corrected chi connectivity index (χ3v) is 3.96. The lowest BCUT2D eigenvalue weighted by Crippen LogP contribution is -2.32. The number of amides is 2. The van der Waals surface area contributed by atoms with E-state index in [1.54, 1.807) is 12.1 Å². The van der Waals surface area contributed by atoms with Gasteiger partial charge in [-0.15, -0.1) is 0 Å². The topological polar surface area (TPSA) is 49.4 Å². The zero-order valence-corrected chi connectivity index (χ0v) is 13.5. The van der Waals surface area contributed by atoms with E-state index in [4.69, 9.17) is 11.6 Å². The molecule has 1 heterocycles. The van der Waals surface area contributed by atoms with Crippen LogP contribution >= 0.6 is 11.6 Å². The largest absolute Gasteiger partial charge is 0.350 e. The van der Waals surface area contributed by atoms with Gasteiger partial charge in [-0.1, -0.05) is 41.4 Å². The number of halogens is 1. The van der Waals surface area contributed by atoms with E-state index in [2.05, 4.69) is 5.32 Å². The van der Waals surface area contributed by atoms with Crippen LogP contribution in [0.4, 0.5) is 11.4 Å². The number of benzene rings is 2. The first-order chi connectivity index (χ1) is 11.0. The fourth-order valence-electron chi connectivity index (χ4n) is 2.41. The van der Waals surface area contributed by atoms with Crippen molar-refractivity contribution in [1.29, 1.82) is 0 Å². The van der Waals surface area contributed by atoms with Crippen LogP contribution in [0.25, 0.3) is 0 Å². The summed E-state index contributed by atoms with van der Waals surface area (Å²) in [6, 6.07) is 14.6. The van der Waals surface area contributed by atoms with Crippen LogP contribution in [0.5, 0.6) is 0 Å². The summed E-state index contributed by atoms with van der Waals surface area (Å²) in [6.45, 7) is 3.88. The summed E-state index contributed by atoms with van der Waals surface area (Å²) in [4.78, 5) is 26.0. The summed E-state index contributed by atoms with van der Waals surface area (Å²) < 4.78 is 0. The monoisotopic (exact) mass is 326 g/mol. The highest BCUT2D eigenvalue weighted by molar-refractivity contribution is 6.53. The second-order valence-electron chi connectivity index (χ2n) is 5.46. The Hall–Kier alpha value is -2.59. The van der Waals surface area contributed by atoms with Gasteiger partial charge >= 0.3 is 0 Å². The summed E-state index contributed by atoms with van der Waals surface area (Å²) >= 11 is 6.09. The van der Waals surface area contributed by atoms with Crippen molar-refractivity contribution in [3.63, 3.8) is 0 Å². The molecule has 3 rings (SSSR count). The van der Waals surface area contributed by atoms with Gasteiger partial charge in [0.2, 0.25) is 0 Å². The number of nitrogens with zero attached hydrogens (tertiary/aromatic N) is 1. The van der Waals surface area contributed by atoms with Crippen LogP contribution in [0, 0.1) is 13.8 Å². The summed E-state index contributed by atoms with van der Waals surface area (Å²) in [5.74, 6) is -0.971. The molecular weight excluding hydrogens is 312 g/mol. The Labute approximate surface area is 139 Å². The van der Waals surface area contributed by atoms with E-state index in [0.717, 1.165) is 16.0 Å². The Morgan fingerprint density at radius 2 is 1.61 bits per heavy atom. The molecule has 0 aliphatic carbocycles. The normalized spacial score (nSPS) is 14.7. The van der Waals surface area contributed by atoms with Gasteiger partial charge in [-0.25, -0.2) is 4.90 Å². The zero-order chi connectivity index (χ0) is 16.6. The fraction of sp³-hybridized carbons (Fsp3) is 0.111. The summed E-state index contributed by atoms with van der Waals surface area (Å²) in [7, 11) is 0. The van der Waals surface area contributed by atoms with E-state index in [1.807, 2.05) is 50.2 Å². The third kappa shape index (κ3) is 2.85. The lowest BCUT2D eigenvalue weighted by atomic mass is 10.2. The number of aryl methyl sites for hydroxylation is 2. The number of carbonyl (C=O) groups excluding carboxylic acids is 2. The molecular formula is C18H15ClN2O2. The van der Waals surface area contributed by atoms with Crippen molar-refractivity contribution >= 4 is 34.8 Å². The number of rotatable bonds is 3. The molecule has 0 aromatic heterocycles. The van der Waals surface area contributed by atoms with Crippen LogP contribution in [-0.4, -0.2) is 11.8 Å². The van der Waals surface area contributed by atoms with Crippen LogP contribution < -0.4 is 10.2 Å². The van der Waals surface area contributed by atoms with Crippen LogP contribution in [0.2, 0.25) is 0 Å². The molecule has 0 unspecified atom stereocenters. The van der Waals surface area contributed by atoms with Gasteiger partial charge in [0.1, 0.15) is 10.7 Å². The maximum Gasteiger partial charge on any atom is 0.283 e. The minimum absolute atomic E-state index is 0.0999. The number of carbonyl (C=O) groups is 2. The van der Waals surface area contributed by atoms with Gasteiger partial charge in [-0.05, 0) is 43.7 Å². The summed E-state index contributed by atoms with van der Waals surface area (Å²) in [5, 5.41) is 2.86. The van der Waals surface area contributed by atoms with E-state index >= 15 is 0 Å². The van der Waals surface area contributed by atoms with Crippen molar-refractivity contribution in [3.05, 3.63) is 70.4 Å².